The van der Waals surface area contributed by atoms with Crippen molar-refractivity contribution < 1.29 is 22.3 Å². The summed E-state index contributed by atoms with van der Waals surface area (Å²) in [5, 5.41) is 0. The highest BCUT2D eigenvalue weighted by Gasteiger charge is 2.30. The lowest BCUT2D eigenvalue weighted by molar-refractivity contribution is -0.137. The first-order valence-electron chi connectivity index (χ1n) is 9.72. The Balaban J connectivity index is 0.00000289. The van der Waals surface area contributed by atoms with Crippen LogP contribution in [0.1, 0.15) is 27.9 Å². The van der Waals surface area contributed by atoms with Crippen LogP contribution in [0, 0.1) is 19.7 Å². The predicted molar refractivity (Wildman–Crippen MR) is 118 cm³/mol. The van der Waals surface area contributed by atoms with E-state index in [0.29, 0.717) is 17.9 Å². The predicted octanol–water partition coefficient (Wildman–Crippen LogP) is 6.86. The molecular formula is C24H21ClF4N2O. The van der Waals surface area contributed by atoms with Gasteiger partial charge in [0.1, 0.15) is 23.7 Å². The number of hydrogen-bond donors (Lipinski definition) is 0. The van der Waals surface area contributed by atoms with Crippen molar-refractivity contribution in [3.8, 4) is 5.75 Å². The molecule has 2 aromatic carbocycles. The Labute approximate surface area is 189 Å². The molecule has 4 aromatic rings. The molecule has 2 aromatic heterocycles. The normalized spacial score (nSPS) is 11.4. The van der Waals surface area contributed by atoms with Crippen LogP contribution in [0.2, 0.25) is 0 Å². The van der Waals surface area contributed by atoms with Crippen LogP contribution in [0.5, 0.6) is 5.75 Å². The first kappa shape index (κ1) is 23.6. The third kappa shape index (κ3) is 4.72. The summed E-state index contributed by atoms with van der Waals surface area (Å²) in [7, 11) is 0. The van der Waals surface area contributed by atoms with Crippen LogP contribution >= 0.6 is 12.4 Å². The summed E-state index contributed by atoms with van der Waals surface area (Å²) in [5.41, 5.74) is 4.25. The van der Waals surface area contributed by atoms with Crippen LogP contribution in [0.25, 0.3) is 11.0 Å². The Morgan fingerprint density at radius 1 is 0.969 bits per heavy atom. The monoisotopic (exact) mass is 464 g/mol. The second-order valence-corrected chi connectivity index (χ2v) is 7.42. The lowest BCUT2D eigenvalue weighted by Crippen LogP contribution is -2.06. The minimum absolute atomic E-state index is 0. The van der Waals surface area contributed by atoms with Gasteiger partial charge >= 0.3 is 6.18 Å². The molecule has 0 unspecified atom stereocenters. The van der Waals surface area contributed by atoms with Gasteiger partial charge in [-0.2, -0.15) is 13.2 Å². The van der Waals surface area contributed by atoms with E-state index >= 15 is 0 Å². The van der Waals surface area contributed by atoms with Crippen LogP contribution in [0.4, 0.5) is 17.6 Å². The third-order valence-electron chi connectivity index (χ3n) is 5.37. The molecular weight excluding hydrogens is 444 g/mol. The van der Waals surface area contributed by atoms with E-state index in [1.807, 2.05) is 24.5 Å². The number of ether oxygens (including phenoxy) is 1. The summed E-state index contributed by atoms with van der Waals surface area (Å²) in [6, 6.07) is 13.0. The minimum atomic E-state index is -4.37. The molecule has 2 heterocycles. The molecule has 0 saturated carbocycles. The summed E-state index contributed by atoms with van der Waals surface area (Å²) < 4.78 is 60.0. The lowest BCUT2D eigenvalue weighted by atomic mass is 10.1. The molecule has 0 saturated heterocycles. The van der Waals surface area contributed by atoms with Crippen molar-refractivity contribution in [3.63, 3.8) is 0 Å². The fourth-order valence-electron chi connectivity index (χ4n) is 3.60. The number of halogens is 5. The molecule has 0 aliphatic rings. The maximum Gasteiger partial charge on any atom is 0.416 e. The minimum Gasteiger partial charge on any atom is -0.487 e. The summed E-state index contributed by atoms with van der Waals surface area (Å²) >= 11 is 0. The smallest absolute Gasteiger partial charge is 0.416 e. The summed E-state index contributed by atoms with van der Waals surface area (Å²) in [6.07, 6.45) is -2.73. The fraction of sp³-hybridized carbons (Fsp3) is 0.208. The van der Waals surface area contributed by atoms with E-state index in [1.54, 1.807) is 18.3 Å². The van der Waals surface area contributed by atoms with E-state index in [0.717, 1.165) is 40.0 Å². The van der Waals surface area contributed by atoms with Crippen molar-refractivity contribution in [3.05, 3.63) is 94.6 Å². The molecule has 0 amide bonds. The second kappa shape index (κ2) is 9.20. The van der Waals surface area contributed by atoms with E-state index < -0.39 is 11.7 Å². The molecule has 0 bridgehead atoms. The standard InChI is InChI=1S/C24H20F4N2O.ClH/c1-15-16(2)30(13-18-4-3-5-20(25)12-18)23-21(10-11-29-22(15)23)31-14-17-6-8-19(9-7-17)24(26,27)28;/h3-12H,13-14H2,1-2H3;1H. The number of aromatic nitrogens is 2. The van der Waals surface area contributed by atoms with Crippen LogP contribution < -0.4 is 4.74 Å². The number of aryl methyl sites for hydroxylation is 1. The lowest BCUT2D eigenvalue weighted by Gasteiger charge is -2.13. The van der Waals surface area contributed by atoms with Crippen LogP contribution in [0.3, 0.4) is 0 Å². The van der Waals surface area contributed by atoms with Gasteiger partial charge in [0.25, 0.3) is 0 Å². The third-order valence-corrected chi connectivity index (χ3v) is 5.37. The van der Waals surface area contributed by atoms with Crippen molar-refractivity contribution in [1.82, 2.24) is 9.55 Å². The van der Waals surface area contributed by atoms with E-state index in [9.17, 15) is 17.6 Å². The SMILES string of the molecule is Cc1c(C)n(Cc2cccc(F)c2)c2c(OCc3ccc(C(F)(F)F)cc3)ccnc12.Cl. The van der Waals surface area contributed by atoms with Crippen molar-refractivity contribution in [2.24, 2.45) is 0 Å². The zero-order valence-electron chi connectivity index (χ0n) is 17.4. The zero-order chi connectivity index (χ0) is 22.2. The Bertz CT molecular complexity index is 1230. The van der Waals surface area contributed by atoms with Crippen molar-refractivity contribution >= 4 is 23.4 Å². The molecule has 0 radical (unpaired) electrons. The Hall–Kier alpha value is -3.06. The average molecular weight is 465 g/mol. The van der Waals surface area contributed by atoms with Gasteiger partial charge < -0.3 is 9.30 Å². The van der Waals surface area contributed by atoms with Crippen molar-refractivity contribution in [2.75, 3.05) is 0 Å². The van der Waals surface area contributed by atoms with Gasteiger partial charge in [-0.25, -0.2) is 4.39 Å². The maximum atomic E-state index is 13.7. The highest BCUT2D eigenvalue weighted by Crippen LogP contribution is 2.33. The van der Waals surface area contributed by atoms with Crippen LogP contribution in [-0.4, -0.2) is 9.55 Å². The molecule has 4 rings (SSSR count). The summed E-state index contributed by atoms with van der Waals surface area (Å²) in [6.45, 7) is 4.49. The number of alkyl halides is 3. The molecule has 8 heteroatoms. The largest absolute Gasteiger partial charge is 0.487 e. The quantitative estimate of drug-likeness (QED) is 0.302. The molecule has 32 heavy (non-hydrogen) atoms. The first-order valence-corrected chi connectivity index (χ1v) is 9.72. The Kier molecular flexibility index (Phi) is 6.79. The van der Waals surface area contributed by atoms with E-state index in [-0.39, 0.29) is 24.8 Å². The second-order valence-electron chi connectivity index (χ2n) is 7.42. The fourth-order valence-corrected chi connectivity index (χ4v) is 3.60. The summed E-state index contributed by atoms with van der Waals surface area (Å²) in [4.78, 5) is 4.48. The topological polar surface area (TPSA) is 27.1 Å². The number of benzene rings is 2. The van der Waals surface area contributed by atoms with Crippen LogP contribution in [0.15, 0.2) is 60.8 Å². The van der Waals surface area contributed by atoms with Crippen molar-refractivity contribution in [2.45, 2.75) is 33.2 Å². The summed E-state index contributed by atoms with van der Waals surface area (Å²) in [5.74, 6) is 0.262. The van der Waals surface area contributed by atoms with E-state index in [4.69, 9.17) is 4.74 Å². The van der Waals surface area contributed by atoms with Crippen LogP contribution in [-0.2, 0) is 19.3 Å². The first-order chi connectivity index (χ1) is 14.7. The van der Waals surface area contributed by atoms with E-state index in [1.165, 1.54) is 24.3 Å². The highest BCUT2D eigenvalue weighted by molar-refractivity contribution is 5.86. The number of rotatable bonds is 5. The average Bonchev–Trinajstić information content (AvgIpc) is 2.97. The Morgan fingerprint density at radius 3 is 2.34 bits per heavy atom. The number of nitrogens with zero attached hydrogens (tertiary/aromatic N) is 2. The van der Waals surface area contributed by atoms with Gasteiger partial charge in [-0.3, -0.25) is 4.98 Å². The maximum absolute atomic E-state index is 13.7. The van der Waals surface area contributed by atoms with Gasteiger partial charge in [-0.05, 0) is 54.8 Å². The molecule has 0 N–H and O–H groups in total. The van der Waals surface area contributed by atoms with Crippen molar-refractivity contribution in [1.29, 1.82) is 0 Å². The number of hydrogen-bond acceptors (Lipinski definition) is 2. The zero-order valence-corrected chi connectivity index (χ0v) is 18.2. The Morgan fingerprint density at radius 2 is 1.69 bits per heavy atom. The highest BCUT2D eigenvalue weighted by atomic mass is 35.5. The van der Waals surface area contributed by atoms with E-state index in [2.05, 4.69) is 4.98 Å². The molecule has 168 valence electrons. The van der Waals surface area contributed by atoms with Gasteiger partial charge in [-0.15, -0.1) is 12.4 Å². The van der Waals surface area contributed by atoms with Gasteiger partial charge in [-0.1, -0.05) is 24.3 Å². The van der Waals surface area contributed by atoms with Gasteiger partial charge in [0.2, 0.25) is 0 Å². The molecule has 0 fully saturated rings. The molecule has 0 aliphatic carbocycles. The molecule has 0 spiro atoms. The molecule has 0 atom stereocenters. The van der Waals surface area contributed by atoms with Gasteiger partial charge in [0.15, 0.2) is 0 Å². The molecule has 3 nitrogen and oxygen atoms in total. The van der Waals surface area contributed by atoms with Gasteiger partial charge in [0, 0.05) is 24.5 Å². The van der Waals surface area contributed by atoms with Gasteiger partial charge in [0.05, 0.1) is 11.1 Å². The molecule has 0 aliphatic heterocycles. The number of fused-ring (bicyclic) bond motifs is 1. The number of pyridine rings is 1.